The second kappa shape index (κ2) is 7.21. The molecule has 0 radical (unpaired) electrons. The summed E-state index contributed by atoms with van der Waals surface area (Å²) in [6.07, 6.45) is 5.88. The molecule has 0 saturated carbocycles. The van der Waals surface area contributed by atoms with Crippen molar-refractivity contribution in [1.29, 1.82) is 0 Å². The van der Waals surface area contributed by atoms with E-state index in [1.165, 1.54) is 5.56 Å². The van der Waals surface area contributed by atoms with E-state index < -0.39 is 0 Å². The standard InChI is InChI=1S/C14H22N4O/c1-15-14(19)11-18-7-4-13(5-8-18)17-10-12-3-2-6-16-9-12/h2-3,6,9,13,17H,4-5,7-8,10-11H2,1H3,(H,15,19). The lowest BCUT2D eigenvalue weighted by atomic mass is 10.0. The Hall–Kier alpha value is -1.46. The van der Waals surface area contributed by atoms with E-state index in [0.717, 1.165) is 32.5 Å². The van der Waals surface area contributed by atoms with Gasteiger partial charge in [0, 0.05) is 45.1 Å². The van der Waals surface area contributed by atoms with Gasteiger partial charge in [0.1, 0.15) is 0 Å². The van der Waals surface area contributed by atoms with Crippen molar-refractivity contribution in [3.05, 3.63) is 30.1 Å². The molecular weight excluding hydrogens is 240 g/mol. The van der Waals surface area contributed by atoms with Crippen molar-refractivity contribution >= 4 is 5.91 Å². The smallest absolute Gasteiger partial charge is 0.233 e. The number of likely N-dealkylation sites (N-methyl/N-ethyl adjacent to an activating group) is 1. The number of piperidine rings is 1. The zero-order valence-corrected chi connectivity index (χ0v) is 11.4. The summed E-state index contributed by atoms with van der Waals surface area (Å²) in [7, 11) is 1.69. The maximum absolute atomic E-state index is 11.3. The van der Waals surface area contributed by atoms with E-state index in [2.05, 4.69) is 26.6 Å². The lowest BCUT2D eigenvalue weighted by molar-refractivity contribution is -0.122. The van der Waals surface area contributed by atoms with Gasteiger partial charge in [-0.25, -0.2) is 0 Å². The van der Waals surface area contributed by atoms with Crippen molar-refractivity contribution in [2.45, 2.75) is 25.4 Å². The van der Waals surface area contributed by atoms with Crippen LogP contribution in [-0.2, 0) is 11.3 Å². The minimum absolute atomic E-state index is 0.0989. The van der Waals surface area contributed by atoms with E-state index in [4.69, 9.17) is 0 Å². The second-order valence-electron chi connectivity index (χ2n) is 4.97. The molecule has 5 heteroatoms. The minimum atomic E-state index is 0.0989. The molecule has 1 aliphatic rings. The molecule has 1 fully saturated rings. The molecule has 5 nitrogen and oxygen atoms in total. The number of carbonyl (C=O) groups excluding carboxylic acids is 1. The second-order valence-corrected chi connectivity index (χ2v) is 4.97. The van der Waals surface area contributed by atoms with Gasteiger partial charge in [-0.05, 0) is 24.5 Å². The van der Waals surface area contributed by atoms with Gasteiger partial charge in [0.05, 0.1) is 6.54 Å². The summed E-state index contributed by atoms with van der Waals surface area (Å²) in [5.41, 5.74) is 1.22. The van der Waals surface area contributed by atoms with E-state index in [9.17, 15) is 4.79 Å². The number of nitrogens with one attached hydrogen (secondary N) is 2. The first-order chi connectivity index (χ1) is 9.28. The van der Waals surface area contributed by atoms with Crippen LogP contribution >= 0.6 is 0 Å². The van der Waals surface area contributed by atoms with Gasteiger partial charge in [0.2, 0.25) is 5.91 Å². The average molecular weight is 262 g/mol. The number of carbonyl (C=O) groups is 1. The van der Waals surface area contributed by atoms with Crippen LogP contribution in [0.4, 0.5) is 0 Å². The summed E-state index contributed by atoms with van der Waals surface area (Å²) in [5, 5.41) is 6.23. The first-order valence-corrected chi connectivity index (χ1v) is 6.83. The summed E-state index contributed by atoms with van der Waals surface area (Å²) >= 11 is 0. The zero-order valence-electron chi connectivity index (χ0n) is 11.4. The van der Waals surface area contributed by atoms with Crippen molar-refractivity contribution in [3.8, 4) is 0 Å². The number of hydrogen-bond donors (Lipinski definition) is 2. The van der Waals surface area contributed by atoms with Crippen molar-refractivity contribution in [3.63, 3.8) is 0 Å². The van der Waals surface area contributed by atoms with E-state index in [1.54, 1.807) is 13.2 Å². The molecule has 0 atom stereocenters. The quantitative estimate of drug-likeness (QED) is 0.805. The molecule has 1 amide bonds. The Labute approximate surface area is 114 Å². The number of hydrogen-bond acceptors (Lipinski definition) is 4. The van der Waals surface area contributed by atoms with Gasteiger partial charge < -0.3 is 10.6 Å². The highest BCUT2D eigenvalue weighted by Gasteiger charge is 2.19. The van der Waals surface area contributed by atoms with Crippen molar-refractivity contribution in [2.75, 3.05) is 26.7 Å². The molecular formula is C14H22N4O. The minimum Gasteiger partial charge on any atom is -0.358 e. The van der Waals surface area contributed by atoms with E-state index >= 15 is 0 Å². The predicted molar refractivity (Wildman–Crippen MR) is 74.6 cm³/mol. The Kier molecular flexibility index (Phi) is 5.30. The molecule has 0 aromatic carbocycles. The van der Waals surface area contributed by atoms with Crippen LogP contribution in [0.25, 0.3) is 0 Å². The zero-order chi connectivity index (χ0) is 13.5. The fourth-order valence-electron chi connectivity index (χ4n) is 2.34. The van der Waals surface area contributed by atoms with Crippen LogP contribution in [0.3, 0.4) is 0 Å². The fourth-order valence-corrected chi connectivity index (χ4v) is 2.34. The normalized spacial score (nSPS) is 17.3. The number of nitrogens with zero attached hydrogens (tertiary/aromatic N) is 2. The van der Waals surface area contributed by atoms with Crippen LogP contribution in [0.5, 0.6) is 0 Å². The van der Waals surface area contributed by atoms with Crippen LogP contribution in [0.15, 0.2) is 24.5 Å². The lowest BCUT2D eigenvalue weighted by Crippen LogP contribution is -2.45. The molecule has 0 spiro atoms. The molecule has 0 aliphatic carbocycles. The van der Waals surface area contributed by atoms with Gasteiger partial charge in [0.25, 0.3) is 0 Å². The van der Waals surface area contributed by atoms with Crippen LogP contribution < -0.4 is 10.6 Å². The molecule has 2 N–H and O–H groups in total. The van der Waals surface area contributed by atoms with Crippen molar-refractivity contribution in [2.24, 2.45) is 0 Å². The Morgan fingerprint density at radius 2 is 2.26 bits per heavy atom. The first kappa shape index (κ1) is 14.0. The van der Waals surface area contributed by atoms with Gasteiger partial charge in [0.15, 0.2) is 0 Å². The summed E-state index contributed by atoms with van der Waals surface area (Å²) in [4.78, 5) is 17.6. The SMILES string of the molecule is CNC(=O)CN1CCC(NCc2cccnc2)CC1. The van der Waals surface area contributed by atoms with Crippen LogP contribution in [0.2, 0.25) is 0 Å². The summed E-state index contributed by atoms with van der Waals surface area (Å²) in [6, 6.07) is 4.59. The molecule has 2 rings (SSSR count). The Morgan fingerprint density at radius 3 is 2.89 bits per heavy atom. The molecule has 0 unspecified atom stereocenters. The van der Waals surface area contributed by atoms with E-state index in [0.29, 0.717) is 12.6 Å². The maximum Gasteiger partial charge on any atom is 0.233 e. The average Bonchev–Trinajstić information content (AvgIpc) is 2.47. The van der Waals surface area contributed by atoms with Crippen molar-refractivity contribution < 1.29 is 4.79 Å². The van der Waals surface area contributed by atoms with Gasteiger partial charge in [-0.2, -0.15) is 0 Å². The molecule has 1 aromatic rings. The summed E-state index contributed by atoms with van der Waals surface area (Å²) in [6.45, 7) is 3.36. The Balaban J connectivity index is 1.67. The van der Waals surface area contributed by atoms with Crippen molar-refractivity contribution in [1.82, 2.24) is 20.5 Å². The molecule has 0 bridgehead atoms. The molecule has 104 valence electrons. The van der Waals surface area contributed by atoms with Gasteiger partial charge in [-0.1, -0.05) is 6.07 Å². The van der Waals surface area contributed by atoms with Crippen LogP contribution in [0, 0.1) is 0 Å². The Morgan fingerprint density at radius 1 is 1.47 bits per heavy atom. The third-order valence-electron chi connectivity index (χ3n) is 3.55. The number of likely N-dealkylation sites (tertiary alicyclic amines) is 1. The third-order valence-corrected chi connectivity index (χ3v) is 3.55. The van der Waals surface area contributed by atoms with Crippen LogP contribution in [0.1, 0.15) is 18.4 Å². The first-order valence-electron chi connectivity index (χ1n) is 6.83. The Bertz CT molecular complexity index is 388. The van der Waals surface area contributed by atoms with Gasteiger partial charge >= 0.3 is 0 Å². The van der Waals surface area contributed by atoms with Gasteiger partial charge in [-0.3, -0.25) is 14.7 Å². The number of rotatable bonds is 5. The molecule has 1 saturated heterocycles. The monoisotopic (exact) mass is 262 g/mol. The number of amides is 1. The van der Waals surface area contributed by atoms with Crippen LogP contribution in [-0.4, -0.2) is 48.5 Å². The largest absolute Gasteiger partial charge is 0.358 e. The van der Waals surface area contributed by atoms with E-state index in [-0.39, 0.29) is 5.91 Å². The summed E-state index contributed by atoms with van der Waals surface area (Å²) in [5.74, 6) is 0.0989. The summed E-state index contributed by atoms with van der Waals surface area (Å²) < 4.78 is 0. The highest BCUT2D eigenvalue weighted by atomic mass is 16.1. The molecule has 19 heavy (non-hydrogen) atoms. The number of aromatic nitrogens is 1. The highest BCUT2D eigenvalue weighted by molar-refractivity contribution is 5.77. The fraction of sp³-hybridized carbons (Fsp3) is 0.571. The predicted octanol–water partition coefficient (Wildman–Crippen LogP) is 0.382. The maximum atomic E-state index is 11.3. The van der Waals surface area contributed by atoms with Gasteiger partial charge in [-0.15, -0.1) is 0 Å². The third kappa shape index (κ3) is 4.61. The number of pyridine rings is 1. The molecule has 1 aromatic heterocycles. The van der Waals surface area contributed by atoms with E-state index in [1.807, 2.05) is 12.3 Å². The lowest BCUT2D eigenvalue weighted by Gasteiger charge is -2.31. The molecule has 1 aliphatic heterocycles. The topological polar surface area (TPSA) is 57.3 Å². The highest BCUT2D eigenvalue weighted by Crippen LogP contribution is 2.10. The molecule has 2 heterocycles.